The quantitative estimate of drug-likeness (QED) is 0.902. The van der Waals surface area contributed by atoms with Gasteiger partial charge in [-0.15, -0.1) is 11.3 Å². The van der Waals surface area contributed by atoms with Gasteiger partial charge >= 0.3 is 0 Å². The van der Waals surface area contributed by atoms with Crippen LogP contribution in [0.5, 0.6) is 5.75 Å². The molecule has 5 heteroatoms. The molecule has 1 aromatic carbocycles. The monoisotopic (exact) mass is 277 g/mol. The van der Waals surface area contributed by atoms with Gasteiger partial charge in [0.2, 0.25) is 0 Å². The molecule has 2 rings (SSSR count). The highest BCUT2D eigenvalue weighted by Gasteiger charge is 2.11. The van der Waals surface area contributed by atoms with Crippen LogP contribution in [0.4, 0.5) is 5.69 Å². The van der Waals surface area contributed by atoms with E-state index in [4.69, 9.17) is 5.73 Å². The van der Waals surface area contributed by atoms with E-state index in [2.05, 4.69) is 9.88 Å². The summed E-state index contributed by atoms with van der Waals surface area (Å²) in [6, 6.07) is 5.46. The first-order chi connectivity index (χ1) is 8.99. The molecule has 19 heavy (non-hydrogen) atoms. The number of thiazole rings is 1. The van der Waals surface area contributed by atoms with Gasteiger partial charge < -0.3 is 15.7 Å². The van der Waals surface area contributed by atoms with E-state index < -0.39 is 0 Å². The third-order valence-electron chi connectivity index (χ3n) is 3.17. The highest BCUT2D eigenvalue weighted by Crippen LogP contribution is 2.28. The van der Waals surface area contributed by atoms with Crippen LogP contribution in [0.1, 0.15) is 29.1 Å². The molecule has 0 spiro atoms. The Bertz CT molecular complexity index is 566. The van der Waals surface area contributed by atoms with Gasteiger partial charge in [0.15, 0.2) is 0 Å². The van der Waals surface area contributed by atoms with E-state index in [-0.39, 0.29) is 11.8 Å². The number of anilines is 1. The van der Waals surface area contributed by atoms with Gasteiger partial charge in [0, 0.05) is 35.3 Å². The molecule has 1 heterocycles. The molecule has 3 N–H and O–H groups in total. The molecule has 0 aliphatic carbocycles. The Hall–Kier alpha value is -1.59. The van der Waals surface area contributed by atoms with E-state index >= 15 is 0 Å². The zero-order valence-corrected chi connectivity index (χ0v) is 12.2. The van der Waals surface area contributed by atoms with Gasteiger partial charge in [-0.3, -0.25) is 0 Å². The minimum atomic E-state index is -0.164. The topological polar surface area (TPSA) is 62.4 Å². The lowest BCUT2D eigenvalue weighted by Gasteiger charge is -2.20. The summed E-state index contributed by atoms with van der Waals surface area (Å²) in [4.78, 5) is 7.57. The molecule has 0 saturated heterocycles. The summed E-state index contributed by atoms with van der Waals surface area (Å²) in [7, 11) is 2.00. The second-order valence-corrected chi connectivity index (χ2v) is 5.69. The summed E-state index contributed by atoms with van der Waals surface area (Å²) in [6.45, 7) is 4.66. The highest BCUT2D eigenvalue weighted by molar-refractivity contribution is 7.09. The molecule has 0 fully saturated rings. The van der Waals surface area contributed by atoms with Gasteiger partial charge in [-0.05, 0) is 19.9 Å². The molecular weight excluding hydrogens is 258 g/mol. The maximum absolute atomic E-state index is 9.97. The minimum Gasteiger partial charge on any atom is -0.508 e. The number of hydrogen-bond donors (Lipinski definition) is 2. The normalized spacial score (nSPS) is 12.4. The molecule has 0 amide bonds. The van der Waals surface area contributed by atoms with Crippen LogP contribution in [0, 0.1) is 6.92 Å². The second-order valence-electron chi connectivity index (χ2n) is 4.75. The van der Waals surface area contributed by atoms with Crippen molar-refractivity contribution in [2.75, 3.05) is 11.9 Å². The predicted octanol–water partition coefficient (Wildman–Crippen LogP) is 2.81. The standard InChI is InChI=1S/C14H19N3OS/c1-9(15)12-5-4-11(6-13(12)18)17(3)7-14-10(2)16-8-19-14/h4-6,8-9,18H,7,15H2,1-3H3. The van der Waals surface area contributed by atoms with Gasteiger partial charge in [-0.25, -0.2) is 4.98 Å². The summed E-state index contributed by atoms with van der Waals surface area (Å²) in [6.07, 6.45) is 0. The van der Waals surface area contributed by atoms with Crippen molar-refractivity contribution >= 4 is 17.0 Å². The Balaban J connectivity index is 2.18. The number of hydrogen-bond acceptors (Lipinski definition) is 5. The number of aryl methyl sites for hydroxylation is 1. The number of phenols is 1. The Morgan fingerprint density at radius 2 is 2.21 bits per heavy atom. The number of aromatic hydroxyl groups is 1. The average molecular weight is 277 g/mol. The fourth-order valence-corrected chi connectivity index (χ4v) is 2.77. The Kier molecular flexibility index (Phi) is 4.07. The van der Waals surface area contributed by atoms with Crippen LogP contribution in [0.2, 0.25) is 0 Å². The van der Waals surface area contributed by atoms with E-state index in [9.17, 15) is 5.11 Å². The van der Waals surface area contributed by atoms with Crippen LogP contribution in [0.25, 0.3) is 0 Å². The van der Waals surface area contributed by atoms with Crippen LogP contribution in [-0.2, 0) is 6.54 Å². The lowest BCUT2D eigenvalue weighted by Crippen LogP contribution is -2.16. The number of rotatable bonds is 4. The van der Waals surface area contributed by atoms with Gasteiger partial charge in [0.25, 0.3) is 0 Å². The van der Waals surface area contributed by atoms with Crippen LogP contribution in [-0.4, -0.2) is 17.1 Å². The van der Waals surface area contributed by atoms with Crippen LogP contribution < -0.4 is 10.6 Å². The number of phenolic OH excluding ortho intramolecular Hbond substituents is 1. The average Bonchev–Trinajstić information content (AvgIpc) is 2.74. The Morgan fingerprint density at radius 1 is 1.47 bits per heavy atom. The fourth-order valence-electron chi connectivity index (χ4n) is 1.94. The predicted molar refractivity (Wildman–Crippen MR) is 79.7 cm³/mol. The molecule has 2 aromatic rings. The van der Waals surface area contributed by atoms with Crippen LogP contribution in [0.3, 0.4) is 0 Å². The minimum absolute atomic E-state index is 0.164. The first-order valence-electron chi connectivity index (χ1n) is 6.17. The summed E-state index contributed by atoms with van der Waals surface area (Å²) < 4.78 is 0. The summed E-state index contributed by atoms with van der Waals surface area (Å²) in [5.41, 5.74) is 10.4. The van der Waals surface area contributed by atoms with Crippen LogP contribution >= 0.6 is 11.3 Å². The molecule has 0 aliphatic rings. The van der Waals surface area contributed by atoms with Crippen LogP contribution in [0.15, 0.2) is 23.7 Å². The van der Waals surface area contributed by atoms with Crippen molar-refractivity contribution in [1.82, 2.24) is 4.98 Å². The highest BCUT2D eigenvalue weighted by atomic mass is 32.1. The van der Waals surface area contributed by atoms with E-state index in [1.54, 1.807) is 17.4 Å². The van der Waals surface area contributed by atoms with Crippen molar-refractivity contribution < 1.29 is 5.11 Å². The number of nitrogens with zero attached hydrogens (tertiary/aromatic N) is 2. The number of aromatic nitrogens is 1. The Morgan fingerprint density at radius 3 is 2.74 bits per heavy atom. The first kappa shape index (κ1) is 13.8. The molecular formula is C14H19N3OS. The summed E-state index contributed by atoms with van der Waals surface area (Å²) in [5, 5.41) is 9.97. The molecule has 0 saturated carbocycles. The zero-order chi connectivity index (χ0) is 14.0. The van der Waals surface area contributed by atoms with Crippen molar-refractivity contribution in [3.05, 3.63) is 39.8 Å². The van der Waals surface area contributed by atoms with E-state index in [1.165, 1.54) is 4.88 Å². The number of nitrogens with two attached hydrogens (primary N) is 1. The lowest BCUT2D eigenvalue weighted by atomic mass is 10.1. The lowest BCUT2D eigenvalue weighted by molar-refractivity contribution is 0.464. The smallest absolute Gasteiger partial charge is 0.122 e. The Labute approximate surface area is 117 Å². The maximum Gasteiger partial charge on any atom is 0.122 e. The molecule has 1 unspecified atom stereocenters. The molecule has 1 atom stereocenters. The molecule has 0 radical (unpaired) electrons. The van der Waals surface area contributed by atoms with Crippen molar-refractivity contribution in [2.24, 2.45) is 5.73 Å². The maximum atomic E-state index is 9.97. The fraction of sp³-hybridized carbons (Fsp3) is 0.357. The van der Waals surface area contributed by atoms with Gasteiger partial charge in [0.1, 0.15) is 5.75 Å². The molecule has 1 aromatic heterocycles. The molecule has 0 aliphatic heterocycles. The number of benzene rings is 1. The van der Waals surface area contributed by atoms with E-state index in [0.29, 0.717) is 0 Å². The SMILES string of the molecule is Cc1ncsc1CN(C)c1ccc(C(C)N)c(O)c1. The molecule has 4 nitrogen and oxygen atoms in total. The summed E-state index contributed by atoms with van der Waals surface area (Å²) in [5.74, 6) is 0.250. The summed E-state index contributed by atoms with van der Waals surface area (Å²) >= 11 is 1.65. The third-order valence-corrected chi connectivity index (χ3v) is 4.09. The second kappa shape index (κ2) is 5.59. The largest absolute Gasteiger partial charge is 0.508 e. The van der Waals surface area contributed by atoms with Gasteiger partial charge in [-0.1, -0.05) is 6.07 Å². The van der Waals surface area contributed by atoms with Crippen molar-refractivity contribution in [2.45, 2.75) is 26.4 Å². The van der Waals surface area contributed by atoms with Crippen molar-refractivity contribution in [3.63, 3.8) is 0 Å². The molecule has 102 valence electrons. The van der Waals surface area contributed by atoms with E-state index in [1.807, 2.05) is 38.5 Å². The molecule has 0 bridgehead atoms. The van der Waals surface area contributed by atoms with Crippen molar-refractivity contribution in [3.8, 4) is 5.75 Å². The van der Waals surface area contributed by atoms with E-state index in [0.717, 1.165) is 23.5 Å². The first-order valence-corrected chi connectivity index (χ1v) is 7.05. The third kappa shape index (κ3) is 3.05. The zero-order valence-electron chi connectivity index (χ0n) is 11.4. The van der Waals surface area contributed by atoms with Gasteiger partial charge in [0.05, 0.1) is 17.7 Å². The van der Waals surface area contributed by atoms with Gasteiger partial charge in [-0.2, -0.15) is 0 Å². The van der Waals surface area contributed by atoms with Crippen molar-refractivity contribution in [1.29, 1.82) is 0 Å².